The molecule has 0 radical (unpaired) electrons. The standard InChI is InChI=1S/C20H33FN2O2/c1-15(2)13-18(24)22-9-5-20(6-10-22)7-11-23(12-8-20)19(25)17(21)14-16-3-4-16/h15-17H,3-14H2,1-2H3. The topological polar surface area (TPSA) is 40.6 Å². The Kier molecular flexibility index (Phi) is 5.69. The highest BCUT2D eigenvalue weighted by Crippen LogP contribution is 2.42. The summed E-state index contributed by atoms with van der Waals surface area (Å²) in [5.74, 6) is 0.841. The van der Waals surface area contributed by atoms with Crippen molar-refractivity contribution in [2.24, 2.45) is 17.3 Å². The number of carbonyl (C=O) groups is 2. The van der Waals surface area contributed by atoms with E-state index in [4.69, 9.17) is 0 Å². The fourth-order valence-corrected chi connectivity index (χ4v) is 4.36. The minimum absolute atomic E-state index is 0.258. The van der Waals surface area contributed by atoms with Gasteiger partial charge in [0.05, 0.1) is 0 Å². The molecule has 2 aliphatic heterocycles. The molecule has 2 saturated heterocycles. The van der Waals surface area contributed by atoms with Crippen LogP contribution in [-0.4, -0.2) is 54.0 Å². The molecule has 1 spiro atoms. The lowest BCUT2D eigenvalue weighted by Crippen LogP contribution is -2.50. The first-order chi connectivity index (χ1) is 11.9. The number of nitrogens with zero attached hydrogens (tertiary/aromatic N) is 2. The zero-order valence-electron chi connectivity index (χ0n) is 15.8. The van der Waals surface area contributed by atoms with E-state index in [1.54, 1.807) is 4.90 Å². The highest BCUT2D eigenvalue weighted by Gasteiger charge is 2.41. The van der Waals surface area contributed by atoms with E-state index in [2.05, 4.69) is 13.8 Å². The Hall–Kier alpha value is -1.13. The number of alkyl halides is 1. The molecule has 5 heteroatoms. The van der Waals surface area contributed by atoms with E-state index in [1.807, 2.05) is 4.90 Å². The summed E-state index contributed by atoms with van der Waals surface area (Å²) < 4.78 is 14.1. The summed E-state index contributed by atoms with van der Waals surface area (Å²) in [4.78, 5) is 28.2. The van der Waals surface area contributed by atoms with Gasteiger partial charge in [-0.15, -0.1) is 0 Å². The van der Waals surface area contributed by atoms with Crippen molar-refractivity contribution >= 4 is 11.8 Å². The lowest BCUT2D eigenvalue weighted by Gasteiger charge is -2.47. The molecule has 1 aliphatic carbocycles. The molecule has 2 heterocycles. The second kappa shape index (κ2) is 7.63. The van der Waals surface area contributed by atoms with Crippen LogP contribution in [0.4, 0.5) is 4.39 Å². The Labute approximate surface area is 151 Å². The summed E-state index contributed by atoms with van der Waals surface area (Å²) in [6, 6.07) is 0. The maximum Gasteiger partial charge on any atom is 0.257 e. The van der Waals surface area contributed by atoms with Crippen LogP contribution in [0.3, 0.4) is 0 Å². The van der Waals surface area contributed by atoms with E-state index in [0.717, 1.165) is 51.6 Å². The van der Waals surface area contributed by atoms with E-state index in [9.17, 15) is 14.0 Å². The Bertz CT molecular complexity index is 486. The fourth-order valence-electron chi connectivity index (χ4n) is 4.36. The Balaban J connectivity index is 1.44. The van der Waals surface area contributed by atoms with Crippen LogP contribution in [0.2, 0.25) is 0 Å². The minimum Gasteiger partial charge on any atom is -0.343 e. The second-order valence-corrected chi connectivity index (χ2v) is 8.95. The zero-order chi connectivity index (χ0) is 18.0. The number of piperidine rings is 2. The predicted octanol–water partition coefficient (Wildman–Crippen LogP) is 3.40. The molecule has 1 atom stereocenters. The number of halogens is 1. The predicted molar refractivity (Wildman–Crippen MR) is 95.8 cm³/mol. The zero-order valence-corrected chi connectivity index (χ0v) is 15.8. The molecule has 1 saturated carbocycles. The fraction of sp³-hybridized carbons (Fsp3) is 0.900. The maximum atomic E-state index is 14.1. The van der Waals surface area contributed by atoms with Crippen LogP contribution >= 0.6 is 0 Å². The van der Waals surface area contributed by atoms with Crippen molar-refractivity contribution in [2.75, 3.05) is 26.2 Å². The van der Waals surface area contributed by atoms with Gasteiger partial charge in [0.2, 0.25) is 5.91 Å². The number of rotatable bonds is 5. The van der Waals surface area contributed by atoms with Gasteiger partial charge in [0.1, 0.15) is 0 Å². The van der Waals surface area contributed by atoms with Gasteiger partial charge in [0, 0.05) is 32.6 Å². The van der Waals surface area contributed by atoms with Crippen molar-refractivity contribution in [3.8, 4) is 0 Å². The van der Waals surface area contributed by atoms with Gasteiger partial charge >= 0.3 is 0 Å². The molecule has 0 bridgehead atoms. The third-order valence-corrected chi connectivity index (χ3v) is 6.40. The highest BCUT2D eigenvalue weighted by atomic mass is 19.1. The van der Waals surface area contributed by atoms with Crippen molar-refractivity contribution in [1.82, 2.24) is 9.80 Å². The van der Waals surface area contributed by atoms with Gasteiger partial charge < -0.3 is 9.80 Å². The number of likely N-dealkylation sites (tertiary alicyclic amines) is 2. The molecule has 2 amide bonds. The first-order valence-electron chi connectivity index (χ1n) is 10.1. The molecule has 0 aromatic rings. The summed E-state index contributed by atoms with van der Waals surface area (Å²) in [6.45, 7) is 7.21. The van der Waals surface area contributed by atoms with Gasteiger partial charge in [-0.25, -0.2) is 4.39 Å². The number of hydrogen-bond acceptors (Lipinski definition) is 2. The summed E-state index contributed by atoms with van der Waals surface area (Å²) >= 11 is 0. The molecule has 142 valence electrons. The molecular formula is C20H33FN2O2. The Morgan fingerprint density at radius 1 is 1.00 bits per heavy atom. The van der Waals surface area contributed by atoms with Crippen LogP contribution < -0.4 is 0 Å². The quantitative estimate of drug-likeness (QED) is 0.761. The van der Waals surface area contributed by atoms with Crippen molar-refractivity contribution in [1.29, 1.82) is 0 Å². The molecule has 1 unspecified atom stereocenters. The number of carbonyl (C=O) groups excluding carboxylic acids is 2. The molecule has 0 N–H and O–H groups in total. The largest absolute Gasteiger partial charge is 0.343 e. The van der Waals surface area contributed by atoms with Crippen LogP contribution in [0.15, 0.2) is 0 Å². The highest BCUT2D eigenvalue weighted by molar-refractivity contribution is 5.81. The minimum atomic E-state index is -1.29. The first-order valence-corrected chi connectivity index (χ1v) is 10.1. The van der Waals surface area contributed by atoms with Crippen LogP contribution in [-0.2, 0) is 9.59 Å². The number of hydrogen-bond donors (Lipinski definition) is 0. The average molecular weight is 352 g/mol. The molecule has 0 aromatic carbocycles. The van der Waals surface area contributed by atoms with Crippen LogP contribution in [0.25, 0.3) is 0 Å². The van der Waals surface area contributed by atoms with Gasteiger partial charge in [-0.05, 0) is 49.4 Å². The lowest BCUT2D eigenvalue weighted by molar-refractivity contribution is -0.140. The molecular weight excluding hydrogens is 319 g/mol. The molecule has 3 rings (SSSR count). The van der Waals surface area contributed by atoms with Gasteiger partial charge in [0.25, 0.3) is 5.91 Å². The van der Waals surface area contributed by atoms with Crippen LogP contribution in [0.5, 0.6) is 0 Å². The molecule has 0 aromatic heterocycles. The summed E-state index contributed by atoms with van der Waals surface area (Å²) in [6.07, 6.45) is 5.91. The normalized spacial score (nSPS) is 24.6. The van der Waals surface area contributed by atoms with Crippen molar-refractivity contribution in [2.45, 2.75) is 71.4 Å². The molecule has 4 nitrogen and oxygen atoms in total. The Morgan fingerprint density at radius 3 is 2.00 bits per heavy atom. The van der Waals surface area contributed by atoms with Crippen molar-refractivity contribution in [3.63, 3.8) is 0 Å². The summed E-state index contributed by atoms with van der Waals surface area (Å²) in [7, 11) is 0. The van der Waals surface area contributed by atoms with E-state index < -0.39 is 6.17 Å². The molecule has 3 fully saturated rings. The average Bonchev–Trinajstić information content (AvgIpc) is 3.39. The van der Waals surface area contributed by atoms with E-state index >= 15 is 0 Å². The first kappa shape index (κ1) is 18.7. The van der Waals surface area contributed by atoms with Crippen molar-refractivity contribution in [3.05, 3.63) is 0 Å². The smallest absolute Gasteiger partial charge is 0.257 e. The van der Waals surface area contributed by atoms with Gasteiger partial charge in [0.15, 0.2) is 6.17 Å². The second-order valence-electron chi connectivity index (χ2n) is 8.95. The van der Waals surface area contributed by atoms with Crippen LogP contribution in [0, 0.1) is 17.3 Å². The van der Waals surface area contributed by atoms with E-state index in [0.29, 0.717) is 37.8 Å². The third-order valence-electron chi connectivity index (χ3n) is 6.40. The van der Waals surface area contributed by atoms with Gasteiger partial charge in [-0.1, -0.05) is 26.7 Å². The molecule has 25 heavy (non-hydrogen) atoms. The van der Waals surface area contributed by atoms with Crippen LogP contribution in [0.1, 0.15) is 65.2 Å². The molecule has 3 aliphatic rings. The maximum absolute atomic E-state index is 14.1. The number of amides is 2. The summed E-state index contributed by atoms with van der Waals surface area (Å²) in [5, 5.41) is 0. The van der Waals surface area contributed by atoms with Gasteiger partial charge in [-0.2, -0.15) is 0 Å². The van der Waals surface area contributed by atoms with E-state index in [-0.39, 0.29) is 17.2 Å². The summed E-state index contributed by atoms with van der Waals surface area (Å²) in [5.41, 5.74) is 0.258. The van der Waals surface area contributed by atoms with Gasteiger partial charge in [-0.3, -0.25) is 9.59 Å². The SMILES string of the molecule is CC(C)CC(=O)N1CCC2(CC1)CCN(C(=O)C(F)CC1CC1)CC2. The monoisotopic (exact) mass is 352 g/mol. The van der Waals surface area contributed by atoms with Crippen molar-refractivity contribution < 1.29 is 14.0 Å². The Morgan fingerprint density at radius 2 is 1.52 bits per heavy atom. The lowest BCUT2D eigenvalue weighted by atomic mass is 9.71. The third kappa shape index (κ3) is 4.73. The van der Waals surface area contributed by atoms with E-state index in [1.165, 1.54) is 0 Å².